The summed E-state index contributed by atoms with van der Waals surface area (Å²) in [5, 5.41) is 12.9. The van der Waals surface area contributed by atoms with Gasteiger partial charge in [-0.2, -0.15) is 0 Å². The van der Waals surface area contributed by atoms with Crippen molar-refractivity contribution in [1.29, 1.82) is 0 Å². The number of amides is 1. The van der Waals surface area contributed by atoms with Gasteiger partial charge in [0.15, 0.2) is 11.0 Å². The second kappa shape index (κ2) is 12.2. The second-order valence-corrected chi connectivity index (χ2v) is 10.2. The standard InChI is InChI=1S/C27H35N5O2S/c1-20(2)26(21-12-14-23(34-3)15-13-21)28-25(33)19-35-27-30-29-24(18-31-16-8-5-9-17-31)32(27)22-10-6-4-7-11-22/h4,6-7,10-15,20,26H,5,8-9,16-19H2,1-3H3,(H,28,33). The molecular weight excluding hydrogens is 458 g/mol. The second-order valence-electron chi connectivity index (χ2n) is 9.26. The molecular formula is C27H35N5O2S. The van der Waals surface area contributed by atoms with Crippen molar-refractivity contribution in [2.75, 3.05) is 26.0 Å². The third kappa shape index (κ3) is 6.64. The van der Waals surface area contributed by atoms with Crippen molar-refractivity contribution in [2.45, 2.75) is 50.9 Å². The molecule has 1 aromatic heterocycles. The highest BCUT2D eigenvalue weighted by molar-refractivity contribution is 7.99. The Morgan fingerprint density at radius 1 is 1.03 bits per heavy atom. The molecule has 1 aliphatic rings. The fraction of sp³-hybridized carbons (Fsp3) is 0.444. The van der Waals surface area contributed by atoms with E-state index in [1.165, 1.54) is 31.0 Å². The maximum absolute atomic E-state index is 13.0. The average Bonchev–Trinajstić information content (AvgIpc) is 3.29. The molecule has 0 spiro atoms. The van der Waals surface area contributed by atoms with E-state index in [-0.39, 0.29) is 23.6 Å². The van der Waals surface area contributed by atoms with Crippen LogP contribution in [0.2, 0.25) is 0 Å². The Morgan fingerprint density at radius 3 is 2.40 bits per heavy atom. The van der Waals surface area contributed by atoms with Crippen LogP contribution in [0, 0.1) is 5.92 Å². The number of nitrogens with zero attached hydrogens (tertiary/aromatic N) is 4. The molecule has 0 radical (unpaired) electrons. The minimum atomic E-state index is -0.0735. The van der Waals surface area contributed by atoms with Crippen LogP contribution in [0.1, 0.15) is 50.5 Å². The lowest BCUT2D eigenvalue weighted by Gasteiger charge is -2.26. The minimum absolute atomic E-state index is 0.0234. The molecule has 0 bridgehead atoms. The predicted octanol–water partition coefficient (Wildman–Crippen LogP) is 4.87. The molecule has 3 aromatic rings. The molecule has 2 heterocycles. The number of nitrogens with one attached hydrogen (secondary N) is 1. The number of hydrogen-bond donors (Lipinski definition) is 1. The summed E-state index contributed by atoms with van der Waals surface area (Å²) < 4.78 is 7.36. The normalized spacial score (nSPS) is 15.2. The zero-order valence-electron chi connectivity index (χ0n) is 20.8. The molecule has 1 fully saturated rings. The highest BCUT2D eigenvalue weighted by atomic mass is 32.2. The van der Waals surface area contributed by atoms with E-state index in [0.717, 1.165) is 47.6 Å². The summed E-state index contributed by atoms with van der Waals surface area (Å²) in [6, 6.07) is 18.0. The van der Waals surface area contributed by atoms with Crippen LogP contribution in [0.15, 0.2) is 59.8 Å². The lowest BCUT2D eigenvalue weighted by molar-refractivity contribution is -0.119. The number of ether oxygens (including phenoxy) is 1. The van der Waals surface area contributed by atoms with Crippen molar-refractivity contribution >= 4 is 17.7 Å². The number of piperidine rings is 1. The molecule has 1 saturated heterocycles. The molecule has 35 heavy (non-hydrogen) atoms. The lowest BCUT2D eigenvalue weighted by atomic mass is 9.96. The quantitative estimate of drug-likeness (QED) is 0.407. The van der Waals surface area contributed by atoms with Gasteiger partial charge in [0.05, 0.1) is 25.4 Å². The van der Waals surface area contributed by atoms with Crippen LogP contribution >= 0.6 is 11.8 Å². The van der Waals surface area contributed by atoms with E-state index < -0.39 is 0 Å². The number of carbonyl (C=O) groups excluding carboxylic acids is 1. The number of aromatic nitrogens is 3. The topological polar surface area (TPSA) is 72.3 Å². The third-order valence-corrected chi connectivity index (χ3v) is 7.25. The summed E-state index contributed by atoms with van der Waals surface area (Å²) in [6.45, 7) is 7.17. The SMILES string of the molecule is COc1ccc(C(NC(=O)CSc2nnc(CN3CCCCC3)n2-c2ccccc2)C(C)C)cc1. The Morgan fingerprint density at radius 2 is 1.74 bits per heavy atom. The maximum Gasteiger partial charge on any atom is 0.230 e. The molecule has 4 rings (SSSR count). The van der Waals surface area contributed by atoms with E-state index in [2.05, 4.69) is 51.0 Å². The number of methoxy groups -OCH3 is 1. The van der Waals surface area contributed by atoms with Gasteiger partial charge < -0.3 is 10.1 Å². The average molecular weight is 494 g/mol. The van der Waals surface area contributed by atoms with Gasteiger partial charge in [-0.1, -0.05) is 62.4 Å². The van der Waals surface area contributed by atoms with Gasteiger partial charge in [-0.3, -0.25) is 14.3 Å². The first-order chi connectivity index (χ1) is 17.0. The van der Waals surface area contributed by atoms with Gasteiger partial charge in [-0.15, -0.1) is 10.2 Å². The molecule has 186 valence electrons. The van der Waals surface area contributed by atoms with E-state index in [1.807, 2.05) is 42.5 Å². The Balaban J connectivity index is 1.46. The molecule has 0 aliphatic carbocycles. The molecule has 1 atom stereocenters. The highest BCUT2D eigenvalue weighted by Gasteiger charge is 2.22. The first-order valence-corrected chi connectivity index (χ1v) is 13.3. The molecule has 7 nitrogen and oxygen atoms in total. The molecule has 1 N–H and O–H groups in total. The van der Waals surface area contributed by atoms with Crippen molar-refractivity contribution in [3.8, 4) is 11.4 Å². The number of rotatable bonds is 10. The summed E-state index contributed by atoms with van der Waals surface area (Å²) in [7, 11) is 1.65. The number of hydrogen-bond acceptors (Lipinski definition) is 6. The van der Waals surface area contributed by atoms with Gasteiger partial charge in [0.1, 0.15) is 5.75 Å². The zero-order valence-corrected chi connectivity index (χ0v) is 21.6. The summed E-state index contributed by atoms with van der Waals surface area (Å²) in [6.07, 6.45) is 3.75. The van der Waals surface area contributed by atoms with Crippen molar-refractivity contribution in [3.05, 3.63) is 66.0 Å². The van der Waals surface area contributed by atoms with E-state index in [9.17, 15) is 4.79 Å². The number of benzene rings is 2. The molecule has 8 heteroatoms. The maximum atomic E-state index is 13.0. The van der Waals surface area contributed by atoms with Crippen molar-refractivity contribution in [1.82, 2.24) is 25.0 Å². The molecule has 1 unspecified atom stereocenters. The summed E-state index contributed by atoms with van der Waals surface area (Å²) >= 11 is 1.43. The molecule has 1 amide bonds. The predicted molar refractivity (Wildman–Crippen MR) is 140 cm³/mol. The van der Waals surface area contributed by atoms with Crippen molar-refractivity contribution < 1.29 is 9.53 Å². The van der Waals surface area contributed by atoms with Gasteiger partial charge in [-0.05, 0) is 61.7 Å². The Bertz CT molecular complexity index is 1080. The van der Waals surface area contributed by atoms with Crippen LogP contribution < -0.4 is 10.1 Å². The first kappa shape index (κ1) is 25.3. The van der Waals surface area contributed by atoms with Gasteiger partial charge in [0.25, 0.3) is 0 Å². The summed E-state index contributed by atoms with van der Waals surface area (Å²) in [5.41, 5.74) is 2.08. The van der Waals surface area contributed by atoms with Crippen LogP contribution in [-0.2, 0) is 11.3 Å². The Kier molecular flexibility index (Phi) is 8.82. The van der Waals surface area contributed by atoms with E-state index >= 15 is 0 Å². The van der Waals surface area contributed by atoms with Gasteiger partial charge >= 0.3 is 0 Å². The molecule has 2 aromatic carbocycles. The largest absolute Gasteiger partial charge is 0.497 e. The lowest BCUT2D eigenvalue weighted by Crippen LogP contribution is -2.33. The Hall–Kier alpha value is -2.84. The fourth-order valence-electron chi connectivity index (χ4n) is 4.44. The van der Waals surface area contributed by atoms with Crippen molar-refractivity contribution in [2.24, 2.45) is 5.92 Å². The fourth-order valence-corrected chi connectivity index (χ4v) is 5.22. The number of carbonyl (C=O) groups is 1. The van der Waals surface area contributed by atoms with Crippen LogP contribution in [-0.4, -0.2) is 51.5 Å². The summed E-state index contributed by atoms with van der Waals surface area (Å²) in [4.78, 5) is 15.4. The van der Waals surface area contributed by atoms with Crippen LogP contribution in [0.3, 0.4) is 0 Å². The van der Waals surface area contributed by atoms with Crippen molar-refractivity contribution in [3.63, 3.8) is 0 Å². The van der Waals surface area contributed by atoms with Gasteiger partial charge in [0.2, 0.25) is 5.91 Å². The van der Waals surface area contributed by atoms with E-state index in [0.29, 0.717) is 0 Å². The summed E-state index contributed by atoms with van der Waals surface area (Å²) in [5.74, 6) is 2.22. The molecule has 1 aliphatic heterocycles. The zero-order chi connectivity index (χ0) is 24.6. The van der Waals surface area contributed by atoms with Crippen LogP contribution in [0.5, 0.6) is 5.75 Å². The first-order valence-electron chi connectivity index (χ1n) is 12.3. The van der Waals surface area contributed by atoms with Gasteiger partial charge in [-0.25, -0.2) is 0 Å². The smallest absolute Gasteiger partial charge is 0.230 e. The van der Waals surface area contributed by atoms with E-state index in [1.54, 1.807) is 7.11 Å². The van der Waals surface area contributed by atoms with Gasteiger partial charge in [0, 0.05) is 5.69 Å². The number of para-hydroxylation sites is 1. The Labute approximate surface area is 212 Å². The minimum Gasteiger partial charge on any atom is -0.497 e. The number of likely N-dealkylation sites (tertiary alicyclic amines) is 1. The number of thioether (sulfide) groups is 1. The van der Waals surface area contributed by atoms with Crippen LogP contribution in [0.25, 0.3) is 5.69 Å². The highest BCUT2D eigenvalue weighted by Crippen LogP contribution is 2.26. The van der Waals surface area contributed by atoms with E-state index in [4.69, 9.17) is 4.74 Å². The third-order valence-electron chi connectivity index (χ3n) is 6.32. The monoisotopic (exact) mass is 493 g/mol. The van der Waals surface area contributed by atoms with Crippen LogP contribution in [0.4, 0.5) is 0 Å². The molecule has 0 saturated carbocycles.